The Kier molecular flexibility index (Phi) is 5.73. The van der Waals surface area contributed by atoms with Crippen molar-refractivity contribution in [1.29, 1.82) is 0 Å². The molecule has 5 aliphatic rings. The lowest BCUT2D eigenvalue weighted by atomic mass is 9.43. The maximum atomic E-state index is 2.63. The first-order valence-corrected chi connectivity index (χ1v) is 19.1. The van der Waals surface area contributed by atoms with Gasteiger partial charge in [0.25, 0.3) is 0 Å². The van der Waals surface area contributed by atoms with Gasteiger partial charge in [0.05, 0.1) is 0 Å². The Morgan fingerprint density at radius 1 is 0.373 bits per heavy atom. The third kappa shape index (κ3) is 3.87. The molecule has 1 heteroatoms. The third-order valence-corrected chi connectivity index (χ3v) is 13.8. The van der Waals surface area contributed by atoms with Crippen molar-refractivity contribution in [2.45, 2.75) is 37.5 Å². The predicted octanol–water partition coefficient (Wildman–Crippen LogP) is 13.5. The average Bonchev–Trinajstić information content (AvgIpc) is 3.46. The number of nitrogens with zero attached hydrogens (tertiary/aromatic N) is 1. The van der Waals surface area contributed by atoms with Gasteiger partial charge in [0.2, 0.25) is 0 Å². The number of anilines is 3. The number of rotatable bonds is 3. The number of hydrogen-bond donors (Lipinski definition) is 0. The van der Waals surface area contributed by atoms with E-state index >= 15 is 0 Å². The van der Waals surface area contributed by atoms with E-state index < -0.39 is 0 Å². The fourth-order valence-corrected chi connectivity index (χ4v) is 12.0. The number of hydrogen-bond acceptors (Lipinski definition) is 1. The van der Waals surface area contributed by atoms with Gasteiger partial charge < -0.3 is 4.90 Å². The van der Waals surface area contributed by atoms with Crippen molar-refractivity contribution >= 4 is 60.2 Å². The summed E-state index contributed by atoms with van der Waals surface area (Å²) in [6, 6.07) is 57.9. The van der Waals surface area contributed by atoms with Crippen molar-refractivity contribution in [3.63, 3.8) is 0 Å². The standard InChI is InChI=1S/C50H39N/c1-3-9-42-33(7-1)13-15-35-28-39(17-20-44(35)42)51(40-18-21-45-36(29-40)16-14-34-8-2-4-10-43(34)45)41-19-22-47-46-11-5-6-12-48(46)50(49(47)30-41)37-24-31-23-32(26-37)27-38(50)25-31/h1-22,28-32,37-38H,23-27H2. The van der Waals surface area contributed by atoms with Gasteiger partial charge in [-0.2, -0.15) is 0 Å². The minimum absolute atomic E-state index is 0.131. The molecule has 4 bridgehead atoms. The predicted molar refractivity (Wildman–Crippen MR) is 214 cm³/mol. The van der Waals surface area contributed by atoms with Crippen LogP contribution in [0.15, 0.2) is 152 Å². The van der Waals surface area contributed by atoms with Crippen LogP contribution in [-0.2, 0) is 5.41 Å². The molecule has 0 aromatic heterocycles. The first-order chi connectivity index (χ1) is 25.2. The third-order valence-electron chi connectivity index (χ3n) is 13.8. The van der Waals surface area contributed by atoms with Crippen LogP contribution in [0.25, 0.3) is 54.2 Å². The summed E-state index contributed by atoms with van der Waals surface area (Å²) >= 11 is 0. The van der Waals surface area contributed by atoms with Gasteiger partial charge in [0, 0.05) is 22.5 Å². The molecule has 0 heterocycles. The minimum atomic E-state index is 0.131. The van der Waals surface area contributed by atoms with Gasteiger partial charge in [0.15, 0.2) is 0 Å². The Morgan fingerprint density at radius 3 is 1.47 bits per heavy atom. The fourth-order valence-electron chi connectivity index (χ4n) is 12.0. The summed E-state index contributed by atoms with van der Waals surface area (Å²) in [4.78, 5) is 2.54. The molecular weight excluding hydrogens is 615 g/mol. The maximum Gasteiger partial charge on any atom is 0.0468 e. The molecule has 13 rings (SSSR count). The van der Waals surface area contributed by atoms with Crippen molar-refractivity contribution in [3.8, 4) is 11.1 Å². The molecule has 51 heavy (non-hydrogen) atoms. The smallest absolute Gasteiger partial charge is 0.0468 e. The van der Waals surface area contributed by atoms with Gasteiger partial charge >= 0.3 is 0 Å². The SMILES string of the molecule is c1ccc2c(c1)-c1ccc(N(c3ccc4c(ccc5ccccc54)c3)c3ccc4c(ccc5ccccc54)c3)cc1C21C2CC3CC(C2)CC1C3. The normalized spacial score (nSPS) is 24.2. The first kappa shape index (κ1) is 28.3. The quantitative estimate of drug-likeness (QED) is 0.172. The molecule has 1 nitrogen and oxygen atoms in total. The van der Waals surface area contributed by atoms with E-state index in [-0.39, 0.29) is 5.41 Å². The molecule has 4 fully saturated rings. The highest BCUT2D eigenvalue weighted by Gasteiger charge is 2.61. The lowest BCUT2D eigenvalue weighted by Crippen LogP contribution is -2.55. The molecule has 0 unspecified atom stereocenters. The Morgan fingerprint density at radius 2 is 0.843 bits per heavy atom. The molecule has 0 N–H and O–H groups in total. The van der Waals surface area contributed by atoms with Crippen molar-refractivity contribution in [2.24, 2.45) is 23.7 Å². The van der Waals surface area contributed by atoms with E-state index in [0.717, 1.165) is 23.7 Å². The Balaban J connectivity index is 1.09. The minimum Gasteiger partial charge on any atom is -0.310 e. The zero-order valence-electron chi connectivity index (χ0n) is 28.7. The number of fused-ring (bicyclic) bond motifs is 9. The van der Waals surface area contributed by atoms with Gasteiger partial charge in [-0.25, -0.2) is 0 Å². The van der Waals surface area contributed by atoms with E-state index in [1.54, 1.807) is 11.1 Å². The summed E-state index contributed by atoms with van der Waals surface area (Å²) in [5, 5.41) is 10.3. The van der Waals surface area contributed by atoms with Crippen LogP contribution in [0.4, 0.5) is 17.1 Å². The number of benzene rings is 8. The lowest BCUT2D eigenvalue weighted by molar-refractivity contribution is -0.0399. The molecule has 0 saturated heterocycles. The van der Waals surface area contributed by atoms with Crippen LogP contribution < -0.4 is 4.90 Å². The van der Waals surface area contributed by atoms with E-state index in [1.807, 2.05) is 0 Å². The van der Waals surface area contributed by atoms with E-state index in [2.05, 4.69) is 157 Å². The molecule has 1 spiro atoms. The Labute approximate surface area is 299 Å². The molecule has 244 valence electrons. The Hall–Kier alpha value is -5.40. The van der Waals surface area contributed by atoms with Crippen LogP contribution in [0.1, 0.15) is 43.2 Å². The second kappa shape index (κ2) is 10.3. The zero-order chi connectivity index (χ0) is 33.3. The molecule has 8 aromatic rings. The highest BCUT2D eigenvalue weighted by molar-refractivity contribution is 6.10. The van der Waals surface area contributed by atoms with Crippen LogP contribution >= 0.6 is 0 Å². The van der Waals surface area contributed by atoms with Crippen LogP contribution in [0.2, 0.25) is 0 Å². The molecule has 0 radical (unpaired) electrons. The topological polar surface area (TPSA) is 3.24 Å². The van der Waals surface area contributed by atoms with Gasteiger partial charge in [-0.15, -0.1) is 0 Å². The maximum absolute atomic E-state index is 2.63. The summed E-state index contributed by atoms with van der Waals surface area (Å²) in [5.41, 5.74) is 9.96. The van der Waals surface area contributed by atoms with E-state index in [4.69, 9.17) is 0 Å². The molecule has 0 atom stereocenters. The summed E-state index contributed by atoms with van der Waals surface area (Å²) in [6.45, 7) is 0. The molecular formula is C50H39N. The molecule has 5 aliphatic carbocycles. The van der Waals surface area contributed by atoms with Crippen molar-refractivity contribution in [1.82, 2.24) is 0 Å². The lowest BCUT2D eigenvalue weighted by Gasteiger charge is -2.61. The van der Waals surface area contributed by atoms with Gasteiger partial charge in [-0.3, -0.25) is 0 Å². The average molecular weight is 654 g/mol. The summed E-state index contributed by atoms with van der Waals surface area (Å²) in [7, 11) is 0. The van der Waals surface area contributed by atoms with Gasteiger partial charge in [0.1, 0.15) is 0 Å². The molecule has 8 aromatic carbocycles. The fraction of sp³-hybridized carbons (Fsp3) is 0.200. The summed E-state index contributed by atoms with van der Waals surface area (Å²) < 4.78 is 0. The van der Waals surface area contributed by atoms with E-state index in [1.165, 1.54) is 103 Å². The van der Waals surface area contributed by atoms with E-state index in [9.17, 15) is 0 Å². The highest BCUT2D eigenvalue weighted by Crippen LogP contribution is 2.69. The molecule has 4 saturated carbocycles. The van der Waals surface area contributed by atoms with Crippen molar-refractivity contribution in [2.75, 3.05) is 4.90 Å². The largest absolute Gasteiger partial charge is 0.310 e. The summed E-state index contributed by atoms with van der Waals surface area (Å²) in [5.74, 6) is 3.33. The summed E-state index contributed by atoms with van der Waals surface area (Å²) in [6.07, 6.45) is 7.05. The second-order valence-electron chi connectivity index (χ2n) is 16.2. The highest BCUT2D eigenvalue weighted by atomic mass is 15.1. The zero-order valence-corrected chi connectivity index (χ0v) is 28.7. The molecule has 0 amide bonds. The Bertz CT molecular complexity index is 2590. The van der Waals surface area contributed by atoms with Gasteiger partial charge in [-0.1, -0.05) is 115 Å². The van der Waals surface area contributed by atoms with Crippen LogP contribution in [0.3, 0.4) is 0 Å². The first-order valence-electron chi connectivity index (χ1n) is 19.1. The van der Waals surface area contributed by atoms with Crippen LogP contribution in [0, 0.1) is 23.7 Å². The second-order valence-corrected chi connectivity index (χ2v) is 16.2. The van der Waals surface area contributed by atoms with Crippen molar-refractivity contribution in [3.05, 3.63) is 163 Å². The van der Waals surface area contributed by atoms with Crippen LogP contribution in [0.5, 0.6) is 0 Å². The van der Waals surface area contributed by atoms with Crippen molar-refractivity contribution < 1.29 is 0 Å². The monoisotopic (exact) mass is 653 g/mol. The molecule has 0 aliphatic heterocycles. The van der Waals surface area contributed by atoms with E-state index in [0.29, 0.717) is 0 Å². The van der Waals surface area contributed by atoms with Gasteiger partial charge in [-0.05, 0) is 158 Å². The van der Waals surface area contributed by atoms with Crippen LogP contribution in [-0.4, -0.2) is 0 Å².